The highest BCUT2D eigenvalue weighted by Crippen LogP contribution is 2.47. The van der Waals surface area contributed by atoms with E-state index in [1.165, 1.54) is 4.90 Å². The van der Waals surface area contributed by atoms with E-state index in [1.807, 2.05) is 0 Å². The quantitative estimate of drug-likeness (QED) is 0.806. The molecular formula is C15H25N2O4-. The van der Waals surface area contributed by atoms with Crippen molar-refractivity contribution >= 4 is 12.1 Å². The van der Waals surface area contributed by atoms with Crippen molar-refractivity contribution < 1.29 is 19.4 Å². The summed E-state index contributed by atoms with van der Waals surface area (Å²) in [6.07, 6.45) is 1.82. The summed E-state index contributed by atoms with van der Waals surface area (Å²) in [7, 11) is 0. The molecule has 3 aliphatic rings. The average molecular weight is 297 g/mol. The molecule has 0 radical (unpaired) electrons. The van der Waals surface area contributed by atoms with Gasteiger partial charge >= 0.3 is 6.09 Å². The van der Waals surface area contributed by atoms with Crippen LogP contribution in [0, 0.1) is 5.92 Å². The molecule has 2 saturated heterocycles. The first-order valence-corrected chi connectivity index (χ1v) is 7.63. The molecule has 6 nitrogen and oxygen atoms in total. The first-order valence-electron chi connectivity index (χ1n) is 7.63. The smallest absolute Gasteiger partial charge is 0.411 e. The molecule has 0 aromatic heterocycles. The van der Waals surface area contributed by atoms with Crippen molar-refractivity contribution in [3.05, 3.63) is 0 Å². The number of carboxylic acids is 1. The van der Waals surface area contributed by atoms with E-state index in [0.717, 1.165) is 6.42 Å². The zero-order valence-electron chi connectivity index (χ0n) is 13.2. The van der Waals surface area contributed by atoms with Crippen LogP contribution in [-0.4, -0.2) is 40.2 Å². The van der Waals surface area contributed by atoms with E-state index in [9.17, 15) is 14.7 Å². The Labute approximate surface area is 125 Å². The van der Waals surface area contributed by atoms with Gasteiger partial charge in [-0.2, -0.15) is 0 Å². The molecule has 2 heterocycles. The van der Waals surface area contributed by atoms with Crippen molar-refractivity contribution in [2.45, 2.75) is 76.6 Å². The van der Waals surface area contributed by atoms with Crippen molar-refractivity contribution in [3.8, 4) is 0 Å². The largest absolute Gasteiger partial charge is 0.548 e. The molecule has 120 valence electrons. The van der Waals surface area contributed by atoms with Gasteiger partial charge in [-0.25, -0.2) is 4.79 Å². The minimum Gasteiger partial charge on any atom is -0.548 e. The minimum absolute atomic E-state index is 0.183. The topological polar surface area (TPSA) is 95.7 Å². The zero-order chi connectivity index (χ0) is 16.0. The number of ether oxygens (including phenoxy) is 1. The number of rotatable bonds is 2. The van der Waals surface area contributed by atoms with Gasteiger partial charge in [0, 0.05) is 18.0 Å². The highest BCUT2D eigenvalue weighted by molar-refractivity contribution is 5.84. The Bertz CT molecular complexity index is 445. The fourth-order valence-corrected chi connectivity index (χ4v) is 3.96. The molecule has 2 unspecified atom stereocenters. The van der Waals surface area contributed by atoms with Gasteiger partial charge in [-0.05, 0) is 46.5 Å². The lowest BCUT2D eigenvalue weighted by Crippen LogP contribution is -2.76. The van der Waals surface area contributed by atoms with Gasteiger partial charge in [0.2, 0.25) is 0 Å². The van der Waals surface area contributed by atoms with Gasteiger partial charge < -0.3 is 20.4 Å². The molecule has 4 atom stereocenters. The standard InChI is InChI=1S/C15H26N2O4/c1-5-15(12(18)19)10-7-6-9(8-11(10)16)17(15)13(20)21-14(2,3)4/h9-11H,5-8,16H2,1-4H3,(H,18,19)/p-1/t9?,10?,11-,15-/m0/s1. The fraction of sp³-hybridized carbons (Fsp3) is 0.867. The van der Waals surface area contributed by atoms with Crippen LogP contribution in [-0.2, 0) is 9.53 Å². The van der Waals surface area contributed by atoms with E-state index in [0.29, 0.717) is 12.8 Å². The highest BCUT2D eigenvalue weighted by Gasteiger charge is 2.58. The van der Waals surface area contributed by atoms with Gasteiger partial charge in [0.05, 0.1) is 11.5 Å². The summed E-state index contributed by atoms with van der Waals surface area (Å²) in [5, 5.41) is 11.9. The number of fused-ring (bicyclic) bond motifs is 3. The number of carboxylic acid groups (broad SMARTS) is 1. The van der Waals surface area contributed by atoms with Crippen molar-refractivity contribution in [3.63, 3.8) is 0 Å². The number of carbonyl (C=O) groups is 2. The lowest BCUT2D eigenvalue weighted by Gasteiger charge is -2.61. The second-order valence-corrected chi connectivity index (χ2v) is 7.15. The molecule has 3 rings (SSSR count). The van der Waals surface area contributed by atoms with Crippen molar-refractivity contribution in [2.24, 2.45) is 11.7 Å². The first-order chi connectivity index (χ1) is 9.63. The average Bonchev–Trinajstić information content (AvgIpc) is 2.35. The Morgan fingerprint density at radius 2 is 2.00 bits per heavy atom. The van der Waals surface area contributed by atoms with Crippen LogP contribution < -0.4 is 10.8 Å². The second-order valence-electron chi connectivity index (χ2n) is 7.15. The molecule has 0 spiro atoms. The maximum absolute atomic E-state index is 12.6. The molecule has 0 aromatic rings. The number of nitrogens with zero attached hydrogens (tertiary/aromatic N) is 1. The van der Waals surface area contributed by atoms with E-state index < -0.39 is 23.2 Å². The number of carbonyl (C=O) groups excluding carboxylic acids is 2. The summed E-state index contributed by atoms with van der Waals surface area (Å²) in [5.41, 5.74) is 4.12. The third-order valence-corrected chi connectivity index (χ3v) is 4.76. The van der Waals surface area contributed by atoms with Crippen LogP contribution in [0.3, 0.4) is 0 Å². The van der Waals surface area contributed by atoms with E-state index in [1.54, 1.807) is 27.7 Å². The van der Waals surface area contributed by atoms with Crippen LogP contribution in [0.5, 0.6) is 0 Å². The SMILES string of the molecule is CC[C@@]1(C(=O)[O-])C2CCC(C[C@@H]2N)N1C(=O)OC(C)(C)C. The molecule has 1 amide bonds. The zero-order valence-corrected chi connectivity index (χ0v) is 13.2. The Morgan fingerprint density at radius 3 is 2.43 bits per heavy atom. The Hall–Kier alpha value is -1.30. The van der Waals surface area contributed by atoms with E-state index >= 15 is 0 Å². The third kappa shape index (κ3) is 2.50. The van der Waals surface area contributed by atoms with E-state index in [-0.39, 0.29) is 24.4 Å². The first kappa shape index (κ1) is 16.1. The second kappa shape index (κ2) is 5.16. The van der Waals surface area contributed by atoms with Gasteiger partial charge in [-0.3, -0.25) is 4.90 Å². The molecule has 0 aromatic carbocycles. The van der Waals surface area contributed by atoms with Crippen molar-refractivity contribution in [1.29, 1.82) is 0 Å². The summed E-state index contributed by atoms with van der Waals surface area (Å²) in [4.78, 5) is 25.9. The molecule has 1 saturated carbocycles. The van der Waals surface area contributed by atoms with Crippen LogP contribution in [0.15, 0.2) is 0 Å². The summed E-state index contributed by atoms with van der Waals surface area (Å²) < 4.78 is 5.43. The number of aliphatic carboxylic acids is 1. The molecular weight excluding hydrogens is 272 g/mol. The van der Waals surface area contributed by atoms with Crippen molar-refractivity contribution in [1.82, 2.24) is 4.90 Å². The molecule has 2 bridgehead atoms. The van der Waals surface area contributed by atoms with Gasteiger partial charge in [0.25, 0.3) is 0 Å². The predicted molar refractivity (Wildman–Crippen MR) is 75.2 cm³/mol. The fourth-order valence-electron chi connectivity index (χ4n) is 3.96. The number of nitrogens with two attached hydrogens (primary N) is 1. The van der Waals surface area contributed by atoms with Crippen molar-refractivity contribution in [2.75, 3.05) is 0 Å². The maximum Gasteiger partial charge on any atom is 0.411 e. The normalized spacial score (nSPS) is 35.7. The van der Waals surface area contributed by atoms with Gasteiger partial charge in [-0.15, -0.1) is 0 Å². The van der Waals surface area contributed by atoms with E-state index in [2.05, 4.69) is 0 Å². The van der Waals surface area contributed by atoms with Gasteiger partial charge in [0.15, 0.2) is 0 Å². The summed E-state index contributed by atoms with van der Waals surface area (Å²) >= 11 is 0. The number of hydrogen-bond acceptors (Lipinski definition) is 5. The lowest BCUT2D eigenvalue weighted by atomic mass is 9.63. The highest BCUT2D eigenvalue weighted by atomic mass is 16.6. The Balaban J connectivity index is 2.41. The number of amides is 1. The van der Waals surface area contributed by atoms with Crippen LogP contribution in [0.4, 0.5) is 4.79 Å². The summed E-state index contributed by atoms with van der Waals surface area (Å²) in [5.74, 6) is -1.49. The third-order valence-electron chi connectivity index (χ3n) is 4.76. The number of hydrogen-bond donors (Lipinski definition) is 1. The van der Waals surface area contributed by atoms with E-state index in [4.69, 9.17) is 10.5 Å². The van der Waals surface area contributed by atoms with Gasteiger partial charge in [0.1, 0.15) is 5.60 Å². The maximum atomic E-state index is 12.6. The summed E-state index contributed by atoms with van der Waals surface area (Å²) in [6.45, 7) is 7.07. The molecule has 6 heteroatoms. The van der Waals surface area contributed by atoms with Crippen LogP contribution in [0.2, 0.25) is 0 Å². The monoisotopic (exact) mass is 297 g/mol. The number of piperidine rings is 2. The van der Waals surface area contributed by atoms with Crippen LogP contribution >= 0.6 is 0 Å². The molecule has 1 aliphatic carbocycles. The van der Waals surface area contributed by atoms with Crippen LogP contribution in [0.25, 0.3) is 0 Å². The molecule has 2 aliphatic heterocycles. The molecule has 2 N–H and O–H groups in total. The Kier molecular flexibility index (Phi) is 3.95. The summed E-state index contributed by atoms with van der Waals surface area (Å²) in [6, 6.07) is -0.391. The van der Waals surface area contributed by atoms with Gasteiger partial charge in [-0.1, -0.05) is 6.92 Å². The molecule has 3 fully saturated rings. The minimum atomic E-state index is -1.34. The predicted octanol–water partition coefficient (Wildman–Crippen LogP) is 0.632. The van der Waals surface area contributed by atoms with Crippen LogP contribution in [0.1, 0.15) is 53.4 Å². The molecule has 21 heavy (non-hydrogen) atoms. The lowest BCUT2D eigenvalue weighted by molar-refractivity contribution is -0.327. The Morgan fingerprint density at radius 1 is 1.38 bits per heavy atom.